The van der Waals surface area contributed by atoms with Gasteiger partial charge in [0, 0.05) is 22.7 Å². The zero-order chi connectivity index (χ0) is 22.3. The number of carbonyl (C=O) groups excluding carboxylic acids is 2. The average Bonchev–Trinajstić information content (AvgIpc) is 2.69. The van der Waals surface area contributed by atoms with Gasteiger partial charge in [-0.15, -0.1) is 11.8 Å². The van der Waals surface area contributed by atoms with Crippen molar-refractivity contribution in [3.63, 3.8) is 0 Å². The van der Waals surface area contributed by atoms with Gasteiger partial charge in [-0.25, -0.2) is 4.79 Å². The van der Waals surface area contributed by atoms with E-state index in [1.807, 2.05) is 0 Å². The number of thioether (sulfide) groups is 1. The van der Waals surface area contributed by atoms with Crippen molar-refractivity contribution in [3.05, 3.63) is 53.1 Å². The van der Waals surface area contributed by atoms with E-state index in [0.29, 0.717) is 11.4 Å². The van der Waals surface area contributed by atoms with Gasteiger partial charge < -0.3 is 20.8 Å². The monoisotopic (exact) mass is 450 g/mol. The van der Waals surface area contributed by atoms with E-state index < -0.39 is 23.1 Å². The van der Waals surface area contributed by atoms with E-state index in [1.165, 1.54) is 30.0 Å². The van der Waals surface area contributed by atoms with Crippen LogP contribution in [0.3, 0.4) is 0 Å². The highest BCUT2D eigenvalue weighted by Gasteiger charge is 2.16. The Morgan fingerprint density at radius 2 is 1.60 bits per heavy atom. The summed E-state index contributed by atoms with van der Waals surface area (Å²) in [6, 6.07) is 11.0. The van der Waals surface area contributed by atoms with Crippen LogP contribution in [0.5, 0.6) is 0 Å². The Balaban J connectivity index is 1.92. The molecule has 0 spiro atoms. The van der Waals surface area contributed by atoms with Crippen molar-refractivity contribution >= 4 is 58.5 Å². The van der Waals surface area contributed by atoms with E-state index in [0.717, 1.165) is 4.90 Å². The second-order valence-corrected chi connectivity index (χ2v) is 8.04. The van der Waals surface area contributed by atoms with Crippen LogP contribution >= 0.6 is 23.4 Å². The van der Waals surface area contributed by atoms with E-state index >= 15 is 0 Å². The topological polar surface area (TPSA) is 133 Å². The van der Waals surface area contributed by atoms with Crippen molar-refractivity contribution in [3.8, 4) is 0 Å². The number of anilines is 2. The summed E-state index contributed by atoms with van der Waals surface area (Å²) in [4.78, 5) is 46.5. The molecule has 10 heteroatoms. The van der Waals surface area contributed by atoms with Crippen LogP contribution < -0.4 is 10.6 Å². The van der Waals surface area contributed by atoms with Crippen LogP contribution in [0, 0.1) is 0 Å². The lowest BCUT2D eigenvalue weighted by Gasteiger charge is -2.13. The predicted octanol–water partition coefficient (Wildman–Crippen LogP) is 3.96. The third-order valence-corrected chi connectivity index (χ3v) is 5.29. The average molecular weight is 451 g/mol. The Labute approximate surface area is 181 Å². The second-order valence-electron chi connectivity index (χ2n) is 6.22. The second kappa shape index (κ2) is 10.7. The van der Waals surface area contributed by atoms with Gasteiger partial charge in [0.05, 0.1) is 22.3 Å². The molecule has 2 rings (SSSR count). The summed E-state index contributed by atoms with van der Waals surface area (Å²) in [7, 11) is 0. The molecule has 0 bridgehead atoms. The lowest BCUT2D eigenvalue weighted by Crippen LogP contribution is -2.22. The van der Waals surface area contributed by atoms with Crippen molar-refractivity contribution < 1.29 is 29.4 Å². The van der Waals surface area contributed by atoms with Crippen LogP contribution in [0.15, 0.2) is 47.4 Å². The molecule has 1 atom stereocenters. The quantitative estimate of drug-likeness (QED) is 0.425. The minimum Gasteiger partial charge on any atom is -0.481 e. The van der Waals surface area contributed by atoms with Crippen LogP contribution in [0.2, 0.25) is 5.02 Å². The number of hydrogen-bond acceptors (Lipinski definition) is 5. The van der Waals surface area contributed by atoms with E-state index in [1.54, 1.807) is 31.2 Å². The van der Waals surface area contributed by atoms with Gasteiger partial charge in [0.25, 0.3) is 0 Å². The Hall–Kier alpha value is -3.04. The summed E-state index contributed by atoms with van der Waals surface area (Å²) in [5, 5.41) is 22.6. The van der Waals surface area contributed by atoms with Gasteiger partial charge in [-0.05, 0) is 49.4 Å². The molecular weight excluding hydrogens is 432 g/mol. The molecule has 4 N–H and O–H groups in total. The van der Waals surface area contributed by atoms with Crippen molar-refractivity contribution in [2.24, 2.45) is 0 Å². The van der Waals surface area contributed by atoms with Crippen molar-refractivity contribution in [2.75, 3.05) is 10.6 Å². The van der Waals surface area contributed by atoms with Gasteiger partial charge in [0.1, 0.15) is 0 Å². The van der Waals surface area contributed by atoms with Crippen LogP contribution in [0.25, 0.3) is 0 Å². The minimum absolute atomic E-state index is 0.0815. The first-order valence-electron chi connectivity index (χ1n) is 8.78. The Morgan fingerprint density at radius 3 is 2.20 bits per heavy atom. The van der Waals surface area contributed by atoms with Gasteiger partial charge in [-0.1, -0.05) is 11.6 Å². The smallest absolute Gasteiger partial charge is 0.337 e. The highest BCUT2D eigenvalue weighted by atomic mass is 35.5. The van der Waals surface area contributed by atoms with E-state index in [4.69, 9.17) is 21.8 Å². The fourth-order valence-corrected chi connectivity index (χ4v) is 3.40. The zero-order valence-electron chi connectivity index (χ0n) is 15.8. The molecule has 0 radical (unpaired) electrons. The number of benzene rings is 2. The fraction of sp³-hybridized carbons (Fsp3) is 0.200. The normalized spacial score (nSPS) is 11.4. The molecule has 0 saturated heterocycles. The molecule has 158 valence electrons. The number of hydrogen-bond donors (Lipinski definition) is 4. The molecule has 2 aromatic rings. The van der Waals surface area contributed by atoms with Crippen molar-refractivity contribution in [2.45, 2.75) is 29.9 Å². The van der Waals surface area contributed by atoms with E-state index in [2.05, 4.69) is 10.6 Å². The largest absolute Gasteiger partial charge is 0.481 e. The summed E-state index contributed by atoms with van der Waals surface area (Å²) in [6.07, 6.45) is -0.356. The molecule has 30 heavy (non-hydrogen) atoms. The maximum Gasteiger partial charge on any atom is 0.337 e. The zero-order valence-corrected chi connectivity index (χ0v) is 17.4. The number of amides is 2. The number of rotatable bonds is 9. The molecule has 0 aliphatic heterocycles. The third-order valence-electron chi connectivity index (χ3n) is 3.85. The number of carboxylic acid groups (broad SMARTS) is 2. The number of carboxylic acids is 2. The molecule has 0 fully saturated rings. The minimum atomic E-state index is -1.19. The molecule has 0 aromatic heterocycles. The highest BCUT2D eigenvalue weighted by molar-refractivity contribution is 8.00. The molecule has 0 aliphatic carbocycles. The predicted molar refractivity (Wildman–Crippen MR) is 114 cm³/mol. The van der Waals surface area contributed by atoms with Crippen molar-refractivity contribution in [1.29, 1.82) is 0 Å². The van der Waals surface area contributed by atoms with Gasteiger partial charge in [-0.2, -0.15) is 0 Å². The van der Waals surface area contributed by atoms with Gasteiger partial charge in [0.15, 0.2) is 0 Å². The molecule has 1 unspecified atom stereocenters. The van der Waals surface area contributed by atoms with Crippen molar-refractivity contribution in [1.82, 2.24) is 0 Å². The number of aliphatic carboxylic acids is 1. The Bertz CT molecular complexity index is 964. The third kappa shape index (κ3) is 7.09. The van der Waals surface area contributed by atoms with Gasteiger partial charge >= 0.3 is 11.9 Å². The maximum atomic E-state index is 12.4. The molecule has 2 aromatic carbocycles. The highest BCUT2D eigenvalue weighted by Crippen LogP contribution is 2.26. The lowest BCUT2D eigenvalue weighted by atomic mass is 10.2. The van der Waals surface area contributed by atoms with Gasteiger partial charge in [0.2, 0.25) is 11.8 Å². The molecule has 0 saturated carbocycles. The maximum absolute atomic E-state index is 12.4. The molecule has 8 nitrogen and oxygen atoms in total. The lowest BCUT2D eigenvalue weighted by molar-refractivity contribution is -0.138. The van der Waals surface area contributed by atoms with Crippen LogP contribution in [-0.4, -0.2) is 39.2 Å². The standard InChI is InChI=1S/C20H19ClN2O6S/c1-11(19(27)23-13-4-7-16(21)15(10-13)20(28)29)30-14-5-2-12(3-6-14)22-17(24)8-9-18(25)26/h2-7,10-11H,8-9H2,1H3,(H,22,24)(H,23,27)(H,25,26)(H,28,29). The number of aromatic carboxylic acids is 1. The Morgan fingerprint density at radius 1 is 0.967 bits per heavy atom. The Kier molecular flexibility index (Phi) is 8.25. The SMILES string of the molecule is CC(Sc1ccc(NC(=O)CCC(=O)O)cc1)C(=O)Nc1ccc(Cl)c(C(=O)O)c1. The van der Waals surface area contributed by atoms with Crippen LogP contribution in [0.4, 0.5) is 11.4 Å². The summed E-state index contributed by atoms with van der Waals surface area (Å²) >= 11 is 7.10. The first-order valence-corrected chi connectivity index (χ1v) is 10.0. The fourth-order valence-electron chi connectivity index (χ4n) is 2.33. The first-order chi connectivity index (χ1) is 14.2. The number of carbonyl (C=O) groups is 4. The van der Waals surface area contributed by atoms with Crippen LogP contribution in [-0.2, 0) is 14.4 Å². The van der Waals surface area contributed by atoms with Crippen LogP contribution in [0.1, 0.15) is 30.1 Å². The van der Waals surface area contributed by atoms with E-state index in [9.17, 15) is 19.2 Å². The summed E-state index contributed by atoms with van der Waals surface area (Å²) in [6.45, 7) is 1.70. The van der Waals surface area contributed by atoms with Gasteiger partial charge in [-0.3, -0.25) is 14.4 Å². The summed E-state index contributed by atoms with van der Waals surface area (Å²) < 4.78 is 0. The molecule has 2 amide bonds. The molecular formula is C20H19ClN2O6S. The number of nitrogens with one attached hydrogen (secondary N) is 2. The molecule has 0 aliphatic rings. The summed E-state index contributed by atoms with van der Waals surface area (Å²) in [5.74, 6) is -2.94. The number of halogens is 1. The molecule has 0 heterocycles. The summed E-state index contributed by atoms with van der Waals surface area (Å²) in [5.41, 5.74) is 0.749. The van der Waals surface area contributed by atoms with E-state index in [-0.39, 0.29) is 29.3 Å². The first kappa shape index (κ1) is 23.2.